The lowest BCUT2D eigenvalue weighted by Crippen LogP contribution is -1.97. The third-order valence-electron chi connectivity index (χ3n) is 3.82. The second-order valence-electron chi connectivity index (χ2n) is 5.74. The molecular formula is C20H27NO. The van der Waals surface area contributed by atoms with Crippen molar-refractivity contribution in [2.45, 2.75) is 52.4 Å². The first-order valence-electron chi connectivity index (χ1n) is 8.51. The summed E-state index contributed by atoms with van der Waals surface area (Å²) in [5, 5.41) is 0. The molecule has 0 bridgehead atoms. The highest BCUT2D eigenvalue weighted by atomic mass is 16.5. The van der Waals surface area contributed by atoms with Gasteiger partial charge < -0.3 is 4.74 Å². The van der Waals surface area contributed by atoms with E-state index in [1.165, 1.54) is 36.8 Å². The first-order valence-corrected chi connectivity index (χ1v) is 8.51. The number of nitrogens with zero attached hydrogens (tertiary/aromatic N) is 1. The molecule has 2 rings (SSSR count). The van der Waals surface area contributed by atoms with Crippen molar-refractivity contribution in [2.24, 2.45) is 0 Å². The minimum atomic E-state index is 0.768. The zero-order valence-electron chi connectivity index (χ0n) is 13.8. The molecule has 0 saturated carbocycles. The minimum absolute atomic E-state index is 0.768. The molecule has 0 unspecified atom stereocenters. The molecule has 0 amide bonds. The number of benzene rings is 1. The van der Waals surface area contributed by atoms with Crippen molar-refractivity contribution < 1.29 is 4.74 Å². The van der Waals surface area contributed by atoms with Gasteiger partial charge in [0.2, 0.25) is 0 Å². The summed E-state index contributed by atoms with van der Waals surface area (Å²) in [6.45, 7) is 5.17. The van der Waals surface area contributed by atoms with Crippen LogP contribution in [0.1, 0.15) is 51.5 Å². The van der Waals surface area contributed by atoms with Crippen molar-refractivity contribution in [3.63, 3.8) is 0 Å². The third kappa shape index (κ3) is 5.18. The molecule has 1 heterocycles. The normalized spacial score (nSPS) is 10.6. The van der Waals surface area contributed by atoms with Crippen LogP contribution in [0.3, 0.4) is 0 Å². The lowest BCUT2D eigenvalue weighted by Gasteiger charge is -2.07. The summed E-state index contributed by atoms with van der Waals surface area (Å²) in [5.41, 5.74) is 3.58. The van der Waals surface area contributed by atoms with E-state index in [1.54, 1.807) is 0 Å². The number of pyridine rings is 1. The molecule has 0 N–H and O–H groups in total. The molecule has 0 spiro atoms. The lowest BCUT2D eigenvalue weighted by atomic mass is 10.0. The van der Waals surface area contributed by atoms with Gasteiger partial charge in [-0.15, -0.1) is 0 Å². The number of hydrogen-bond acceptors (Lipinski definition) is 2. The van der Waals surface area contributed by atoms with Crippen LogP contribution in [0, 0.1) is 0 Å². The van der Waals surface area contributed by atoms with E-state index in [2.05, 4.69) is 43.1 Å². The van der Waals surface area contributed by atoms with Crippen molar-refractivity contribution in [3.05, 3.63) is 48.2 Å². The Balaban J connectivity index is 1.93. The minimum Gasteiger partial charge on any atom is -0.492 e. The number of ether oxygens (including phenoxy) is 1. The van der Waals surface area contributed by atoms with Gasteiger partial charge in [0.15, 0.2) is 0 Å². The van der Waals surface area contributed by atoms with Crippen LogP contribution in [-0.4, -0.2) is 11.6 Å². The molecule has 0 aliphatic rings. The fourth-order valence-electron chi connectivity index (χ4n) is 2.39. The number of unbranched alkanes of at least 4 members (excludes halogenated alkanes) is 3. The summed E-state index contributed by atoms with van der Waals surface area (Å²) in [6, 6.07) is 12.8. The van der Waals surface area contributed by atoms with Gasteiger partial charge in [-0.05, 0) is 37.0 Å². The molecular weight excluding hydrogens is 270 g/mol. The third-order valence-corrected chi connectivity index (χ3v) is 3.82. The van der Waals surface area contributed by atoms with E-state index < -0.39 is 0 Å². The van der Waals surface area contributed by atoms with E-state index in [9.17, 15) is 0 Å². The van der Waals surface area contributed by atoms with Crippen LogP contribution in [0.15, 0.2) is 42.6 Å². The van der Waals surface area contributed by atoms with Crippen molar-refractivity contribution in [1.82, 2.24) is 4.98 Å². The van der Waals surface area contributed by atoms with Crippen LogP contribution >= 0.6 is 0 Å². The van der Waals surface area contributed by atoms with Gasteiger partial charge in [-0.25, -0.2) is 0 Å². The molecule has 2 heteroatoms. The zero-order chi connectivity index (χ0) is 15.6. The Morgan fingerprint density at radius 2 is 1.64 bits per heavy atom. The Kier molecular flexibility index (Phi) is 6.95. The molecule has 0 saturated heterocycles. The second-order valence-corrected chi connectivity index (χ2v) is 5.74. The van der Waals surface area contributed by atoms with E-state index in [0.717, 1.165) is 30.9 Å². The van der Waals surface area contributed by atoms with Crippen molar-refractivity contribution in [3.8, 4) is 17.0 Å². The van der Waals surface area contributed by atoms with Crippen LogP contribution in [-0.2, 0) is 6.42 Å². The lowest BCUT2D eigenvalue weighted by molar-refractivity contribution is 0.308. The van der Waals surface area contributed by atoms with Gasteiger partial charge in [-0.1, -0.05) is 57.4 Å². The molecule has 22 heavy (non-hydrogen) atoms. The maximum absolute atomic E-state index is 5.65. The van der Waals surface area contributed by atoms with E-state index in [1.807, 2.05) is 18.3 Å². The van der Waals surface area contributed by atoms with E-state index in [4.69, 9.17) is 4.74 Å². The van der Waals surface area contributed by atoms with Crippen LogP contribution in [0.25, 0.3) is 11.3 Å². The number of hydrogen-bond donors (Lipinski definition) is 0. The Hall–Kier alpha value is -1.83. The van der Waals surface area contributed by atoms with Gasteiger partial charge in [-0.3, -0.25) is 4.98 Å². The first kappa shape index (κ1) is 16.5. The molecule has 0 fully saturated rings. The summed E-state index contributed by atoms with van der Waals surface area (Å²) >= 11 is 0. The molecule has 0 aliphatic carbocycles. The van der Waals surface area contributed by atoms with Gasteiger partial charge in [0.05, 0.1) is 18.5 Å². The molecule has 118 valence electrons. The zero-order valence-corrected chi connectivity index (χ0v) is 13.8. The highest BCUT2D eigenvalue weighted by Gasteiger charge is 2.01. The molecule has 2 aromatic rings. The fraction of sp³-hybridized carbons (Fsp3) is 0.450. The monoisotopic (exact) mass is 297 g/mol. The molecule has 1 aromatic heterocycles. The van der Waals surface area contributed by atoms with Gasteiger partial charge >= 0.3 is 0 Å². The topological polar surface area (TPSA) is 22.1 Å². The molecule has 2 nitrogen and oxygen atoms in total. The molecule has 0 radical (unpaired) electrons. The van der Waals surface area contributed by atoms with Crippen LogP contribution < -0.4 is 4.74 Å². The first-order chi connectivity index (χ1) is 10.8. The summed E-state index contributed by atoms with van der Waals surface area (Å²) in [5.74, 6) is 0.855. The second kappa shape index (κ2) is 9.24. The predicted octanol–water partition coefficient (Wildman–Crippen LogP) is 5.66. The smallest absolute Gasteiger partial charge is 0.137 e. The largest absolute Gasteiger partial charge is 0.492 e. The Labute approximate surface area is 134 Å². The average Bonchev–Trinajstić information content (AvgIpc) is 2.57. The molecule has 0 aliphatic heterocycles. The summed E-state index contributed by atoms with van der Waals surface area (Å²) in [6.07, 6.45) is 9.08. The Morgan fingerprint density at radius 3 is 2.27 bits per heavy atom. The van der Waals surface area contributed by atoms with Gasteiger partial charge in [0.1, 0.15) is 5.75 Å². The highest BCUT2D eigenvalue weighted by Crippen LogP contribution is 2.20. The maximum atomic E-state index is 5.65. The maximum Gasteiger partial charge on any atom is 0.137 e. The van der Waals surface area contributed by atoms with Crippen molar-refractivity contribution in [1.29, 1.82) is 0 Å². The van der Waals surface area contributed by atoms with E-state index in [-0.39, 0.29) is 0 Å². The Morgan fingerprint density at radius 1 is 0.864 bits per heavy atom. The fourth-order valence-corrected chi connectivity index (χ4v) is 2.39. The number of rotatable bonds is 9. The summed E-state index contributed by atoms with van der Waals surface area (Å²) in [7, 11) is 0. The summed E-state index contributed by atoms with van der Waals surface area (Å²) in [4.78, 5) is 4.51. The van der Waals surface area contributed by atoms with Crippen LogP contribution in [0.5, 0.6) is 5.75 Å². The number of aryl methyl sites for hydroxylation is 1. The quantitative estimate of drug-likeness (QED) is 0.557. The van der Waals surface area contributed by atoms with Gasteiger partial charge in [0.25, 0.3) is 0 Å². The average molecular weight is 297 g/mol. The predicted molar refractivity (Wildman–Crippen MR) is 93.3 cm³/mol. The van der Waals surface area contributed by atoms with E-state index >= 15 is 0 Å². The Bertz CT molecular complexity index is 479. The number of aromatic nitrogens is 1. The van der Waals surface area contributed by atoms with Gasteiger partial charge in [-0.2, -0.15) is 0 Å². The van der Waals surface area contributed by atoms with Gasteiger partial charge in [0, 0.05) is 5.56 Å². The molecule has 1 aromatic carbocycles. The molecule has 0 atom stereocenters. The summed E-state index contributed by atoms with van der Waals surface area (Å²) < 4.78 is 5.65. The van der Waals surface area contributed by atoms with E-state index in [0.29, 0.717) is 0 Å². The van der Waals surface area contributed by atoms with Crippen LogP contribution in [0.4, 0.5) is 0 Å². The van der Waals surface area contributed by atoms with Crippen molar-refractivity contribution >= 4 is 0 Å². The van der Waals surface area contributed by atoms with Crippen molar-refractivity contribution in [2.75, 3.05) is 6.61 Å². The SMILES string of the molecule is CCCCCc1ccc(-c2ccc(OCCCC)cn2)cc1. The highest BCUT2D eigenvalue weighted by molar-refractivity contribution is 5.59. The van der Waals surface area contributed by atoms with Crippen LogP contribution in [0.2, 0.25) is 0 Å². The standard InChI is InChI=1S/C20H27NO/c1-3-5-7-8-17-9-11-18(12-10-17)20-14-13-19(16-21-20)22-15-6-4-2/h9-14,16H,3-8,15H2,1-2H3.